The summed E-state index contributed by atoms with van der Waals surface area (Å²) in [6.45, 7) is -0.211. The first-order valence-electron chi connectivity index (χ1n) is 6.30. The highest BCUT2D eigenvalue weighted by Crippen LogP contribution is 2.22. The number of rotatable bonds is 4. The van der Waals surface area contributed by atoms with Gasteiger partial charge in [0, 0.05) is 4.88 Å². The second kappa shape index (κ2) is 5.49. The van der Waals surface area contributed by atoms with Crippen molar-refractivity contribution in [3.05, 3.63) is 57.8 Å². The van der Waals surface area contributed by atoms with E-state index in [4.69, 9.17) is 4.74 Å². The topological polar surface area (TPSA) is 63.7 Å². The van der Waals surface area contributed by atoms with Crippen molar-refractivity contribution in [3.63, 3.8) is 0 Å². The lowest BCUT2D eigenvalue weighted by molar-refractivity contribution is -0.145. The summed E-state index contributed by atoms with van der Waals surface area (Å²) in [5.41, 5.74) is 0.655. The van der Waals surface area contributed by atoms with E-state index in [1.54, 1.807) is 24.3 Å². The largest absolute Gasteiger partial charge is 0.459 e. The van der Waals surface area contributed by atoms with E-state index in [2.05, 4.69) is 0 Å². The Bertz CT molecular complexity index is 673. The van der Waals surface area contributed by atoms with Crippen LogP contribution in [0.1, 0.15) is 25.6 Å². The third-order valence-electron chi connectivity index (χ3n) is 3.12. The van der Waals surface area contributed by atoms with E-state index in [9.17, 15) is 14.4 Å². The minimum Gasteiger partial charge on any atom is -0.459 e. The first-order chi connectivity index (χ1) is 10.2. The molecule has 0 N–H and O–H groups in total. The number of thiophene rings is 1. The van der Waals surface area contributed by atoms with Crippen LogP contribution in [0.3, 0.4) is 0 Å². The number of fused-ring (bicyclic) bond motifs is 1. The van der Waals surface area contributed by atoms with Gasteiger partial charge in [-0.2, -0.15) is 0 Å². The fraction of sp³-hybridized carbons (Fsp3) is 0.133. The van der Waals surface area contributed by atoms with Crippen LogP contribution in [0.15, 0.2) is 41.8 Å². The molecule has 1 aliphatic heterocycles. The van der Waals surface area contributed by atoms with E-state index >= 15 is 0 Å². The van der Waals surface area contributed by atoms with Crippen LogP contribution in [0.5, 0.6) is 0 Å². The van der Waals surface area contributed by atoms with Gasteiger partial charge < -0.3 is 4.74 Å². The molecule has 2 amide bonds. The lowest BCUT2D eigenvalue weighted by Crippen LogP contribution is -2.35. The number of nitrogens with zero attached hydrogens (tertiary/aromatic N) is 1. The van der Waals surface area contributed by atoms with Crippen molar-refractivity contribution in [3.8, 4) is 0 Å². The van der Waals surface area contributed by atoms with Crippen molar-refractivity contribution in [1.82, 2.24) is 4.90 Å². The highest BCUT2D eigenvalue weighted by atomic mass is 32.1. The van der Waals surface area contributed by atoms with Gasteiger partial charge in [0.25, 0.3) is 11.8 Å². The molecule has 1 aromatic heterocycles. The molecule has 21 heavy (non-hydrogen) atoms. The number of esters is 1. The van der Waals surface area contributed by atoms with E-state index in [0.29, 0.717) is 11.1 Å². The number of amides is 2. The minimum atomic E-state index is -0.599. The van der Waals surface area contributed by atoms with Crippen LogP contribution in [0.25, 0.3) is 0 Å². The van der Waals surface area contributed by atoms with Crippen LogP contribution >= 0.6 is 11.3 Å². The molecule has 0 aliphatic carbocycles. The number of benzene rings is 1. The van der Waals surface area contributed by atoms with Gasteiger partial charge >= 0.3 is 5.97 Å². The zero-order valence-electron chi connectivity index (χ0n) is 10.9. The molecule has 3 rings (SSSR count). The summed E-state index contributed by atoms with van der Waals surface area (Å²) in [7, 11) is 0. The van der Waals surface area contributed by atoms with Crippen molar-refractivity contribution in [2.75, 3.05) is 6.54 Å². The fourth-order valence-corrected chi connectivity index (χ4v) is 2.72. The molecule has 5 nitrogen and oxygen atoms in total. The molecule has 0 fully saturated rings. The van der Waals surface area contributed by atoms with E-state index in [1.807, 2.05) is 17.5 Å². The van der Waals surface area contributed by atoms with Crippen molar-refractivity contribution in [2.24, 2.45) is 0 Å². The van der Waals surface area contributed by atoms with E-state index in [-0.39, 0.29) is 13.2 Å². The zero-order chi connectivity index (χ0) is 14.8. The number of hydrogen-bond acceptors (Lipinski definition) is 5. The van der Waals surface area contributed by atoms with Crippen molar-refractivity contribution < 1.29 is 19.1 Å². The summed E-state index contributed by atoms with van der Waals surface area (Å²) >= 11 is 1.47. The molecule has 0 saturated heterocycles. The average Bonchev–Trinajstić information content (AvgIpc) is 3.09. The van der Waals surface area contributed by atoms with Crippen molar-refractivity contribution >= 4 is 29.1 Å². The number of imide groups is 1. The van der Waals surface area contributed by atoms with E-state index < -0.39 is 17.8 Å². The van der Waals surface area contributed by atoms with Crippen LogP contribution in [0.4, 0.5) is 0 Å². The van der Waals surface area contributed by atoms with Crippen LogP contribution < -0.4 is 0 Å². The smallest absolute Gasteiger partial charge is 0.326 e. The SMILES string of the molecule is O=C(CN1C(=O)c2ccccc2C1=O)OCc1cccs1. The Morgan fingerprint density at radius 2 is 1.71 bits per heavy atom. The Labute approximate surface area is 124 Å². The predicted molar refractivity (Wildman–Crippen MR) is 75.9 cm³/mol. The van der Waals surface area contributed by atoms with Crippen LogP contribution in [0, 0.1) is 0 Å². The molecule has 2 heterocycles. The third-order valence-corrected chi connectivity index (χ3v) is 3.97. The van der Waals surface area contributed by atoms with Gasteiger partial charge in [-0.3, -0.25) is 19.3 Å². The number of hydrogen-bond donors (Lipinski definition) is 0. The van der Waals surface area contributed by atoms with Gasteiger partial charge in [-0.1, -0.05) is 18.2 Å². The molecule has 1 aliphatic rings. The lowest BCUT2D eigenvalue weighted by atomic mass is 10.1. The standard InChI is InChI=1S/C15H11NO4S/c17-13(20-9-10-4-3-7-21-10)8-16-14(18)11-5-1-2-6-12(11)15(16)19/h1-7H,8-9H2. The Balaban J connectivity index is 1.65. The summed E-state index contributed by atoms with van der Waals surface area (Å²) < 4.78 is 5.07. The predicted octanol–water partition coefficient (Wildman–Crippen LogP) is 2.09. The molecular formula is C15H11NO4S. The molecule has 106 valence electrons. The lowest BCUT2D eigenvalue weighted by Gasteiger charge is -2.12. The first kappa shape index (κ1) is 13.5. The summed E-state index contributed by atoms with van der Waals surface area (Å²) in [5, 5.41) is 1.88. The number of carbonyl (C=O) groups is 3. The molecule has 0 unspecified atom stereocenters. The first-order valence-corrected chi connectivity index (χ1v) is 7.18. The second-order valence-electron chi connectivity index (χ2n) is 4.48. The average molecular weight is 301 g/mol. The summed E-state index contributed by atoms with van der Waals surface area (Å²) in [4.78, 5) is 37.7. The monoisotopic (exact) mass is 301 g/mol. The molecule has 0 atom stereocenters. The Hall–Kier alpha value is -2.47. The molecule has 6 heteroatoms. The van der Waals surface area contributed by atoms with Gasteiger partial charge in [-0.15, -0.1) is 11.3 Å². The van der Waals surface area contributed by atoms with Gasteiger partial charge in [0.2, 0.25) is 0 Å². The zero-order valence-corrected chi connectivity index (χ0v) is 11.8. The minimum absolute atomic E-state index is 0.152. The van der Waals surface area contributed by atoms with E-state index in [1.165, 1.54) is 11.3 Å². The third kappa shape index (κ3) is 2.57. The van der Waals surface area contributed by atoms with Gasteiger partial charge in [-0.25, -0.2) is 0 Å². The fourth-order valence-electron chi connectivity index (χ4n) is 2.10. The number of ether oxygens (including phenoxy) is 1. The maximum absolute atomic E-state index is 12.1. The highest BCUT2D eigenvalue weighted by Gasteiger charge is 2.36. The maximum Gasteiger partial charge on any atom is 0.326 e. The van der Waals surface area contributed by atoms with Gasteiger partial charge in [0.05, 0.1) is 11.1 Å². The normalized spacial score (nSPS) is 13.4. The van der Waals surface area contributed by atoms with Crippen molar-refractivity contribution in [2.45, 2.75) is 6.61 Å². The second-order valence-corrected chi connectivity index (χ2v) is 5.51. The Morgan fingerprint density at radius 1 is 1.05 bits per heavy atom. The molecule has 2 aromatic rings. The van der Waals surface area contributed by atoms with Crippen LogP contribution in [-0.2, 0) is 16.1 Å². The van der Waals surface area contributed by atoms with Gasteiger partial charge in [0.15, 0.2) is 0 Å². The molecule has 0 saturated carbocycles. The molecule has 0 bridgehead atoms. The Kier molecular flexibility index (Phi) is 3.53. The van der Waals surface area contributed by atoms with Crippen molar-refractivity contribution in [1.29, 1.82) is 0 Å². The van der Waals surface area contributed by atoms with Crippen LogP contribution in [-0.4, -0.2) is 29.2 Å². The Morgan fingerprint density at radius 3 is 2.29 bits per heavy atom. The molecule has 0 spiro atoms. The van der Waals surface area contributed by atoms with E-state index in [0.717, 1.165) is 9.78 Å². The van der Waals surface area contributed by atoms with Gasteiger partial charge in [0.1, 0.15) is 13.2 Å². The highest BCUT2D eigenvalue weighted by molar-refractivity contribution is 7.09. The molecule has 1 aromatic carbocycles. The molecular weight excluding hydrogens is 290 g/mol. The van der Waals surface area contributed by atoms with Gasteiger partial charge in [-0.05, 0) is 23.6 Å². The molecule has 0 radical (unpaired) electrons. The maximum atomic E-state index is 12.1. The summed E-state index contributed by atoms with van der Waals surface area (Å²) in [6, 6.07) is 10.2. The number of carbonyl (C=O) groups excluding carboxylic acids is 3. The summed E-state index contributed by atoms with van der Waals surface area (Å²) in [5.74, 6) is -1.51. The summed E-state index contributed by atoms with van der Waals surface area (Å²) in [6.07, 6.45) is 0. The van der Waals surface area contributed by atoms with Crippen LogP contribution in [0.2, 0.25) is 0 Å². The quantitative estimate of drug-likeness (QED) is 0.641.